The van der Waals surface area contributed by atoms with Crippen LogP contribution in [0.25, 0.3) is 0 Å². The summed E-state index contributed by atoms with van der Waals surface area (Å²) in [5, 5.41) is 0. The van der Waals surface area contributed by atoms with Crippen LogP contribution in [0.2, 0.25) is 0 Å². The van der Waals surface area contributed by atoms with Crippen LogP contribution < -0.4 is 5.73 Å². The van der Waals surface area contributed by atoms with Crippen molar-refractivity contribution in [1.82, 2.24) is 0 Å². The molecule has 3 atom stereocenters. The van der Waals surface area contributed by atoms with E-state index in [9.17, 15) is 0 Å². The van der Waals surface area contributed by atoms with E-state index in [-0.39, 0.29) is 0 Å². The lowest BCUT2D eigenvalue weighted by molar-refractivity contribution is 0.379. The van der Waals surface area contributed by atoms with Gasteiger partial charge in [-0.05, 0) is 56.8 Å². The Bertz CT molecular complexity index is 254. The Morgan fingerprint density at radius 1 is 1.08 bits per heavy atom. The van der Waals surface area contributed by atoms with Gasteiger partial charge in [-0.25, -0.2) is 0 Å². The molecule has 0 aliphatic heterocycles. The quantitative estimate of drug-likeness (QED) is 0.565. The van der Waals surface area contributed by atoms with Crippen molar-refractivity contribution in [3.63, 3.8) is 0 Å². The number of allylic oxidation sites excluding steroid dienone is 1. The van der Waals surface area contributed by atoms with E-state index in [1.807, 2.05) is 5.57 Å². The second-order valence-electron chi connectivity index (χ2n) is 5.06. The molecule has 0 spiro atoms. The Hall–Kier alpha value is -0.300. The minimum Gasteiger partial charge on any atom is -0.327 e. The summed E-state index contributed by atoms with van der Waals surface area (Å²) in [6.45, 7) is 0. The Morgan fingerprint density at radius 3 is 2.85 bits per heavy atom. The van der Waals surface area contributed by atoms with Gasteiger partial charge >= 0.3 is 0 Å². The molecule has 3 aliphatic carbocycles. The van der Waals surface area contributed by atoms with Crippen LogP contribution in [0.15, 0.2) is 11.1 Å². The summed E-state index contributed by atoms with van der Waals surface area (Å²) in [5.41, 5.74) is 9.88. The summed E-state index contributed by atoms with van der Waals surface area (Å²) in [5.74, 6) is 1.65. The molecule has 0 saturated heterocycles. The van der Waals surface area contributed by atoms with Gasteiger partial charge in [-0.3, -0.25) is 0 Å². The first-order valence-electron chi connectivity index (χ1n) is 5.82. The molecule has 0 aromatic rings. The summed E-state index contributed by atoms with van der Waals surface area (Å²) < 4.78 is 0. The Morgan fingerprint density at radius 2 is 1.92 bits per heavy atom. The zero-order valence-corrected chi connectivity index (χ0v) is 8.26. The van der Waals surface area contributed by atoms with Crippen LogP contribution in [0.1, 0.15) is 44.9 Å². The molecule has 3 rings (SSSR count). The molecule has 2 bridgehead atoms. The molecule has 0 heterocycles. The fraction of sp³-hybridized carbons (Fsp3) is 0.833. The van der Waals surface area contributed by atoms with E-state index < -0.39 is 0 Å². The van der Waals surface area contributed by atoms with E-state index in [0.717, 1.165) is 11.8 Å². The van der Waals surface area contributed by atoms with E-state index in [4.69, 9.17) is 5.73 Å². The van der Waals surface area contributed by atoms with E-state index in [1.54, 1.807) is 5.57 Å². The molecule has 0 unspecified atom stereocenters. The average molecular weight is 177 g/mol. The van der Waals surface area contributed by atoms with E-state index >= 15 is 0 Å². The third kappa shape index (κ3) is 1.10. The van der Waals surface area contributed by atoms with Gasteiger partial charge in [-0.1, -0.05) is 11.1 Å². The second-order valence-corrected chi connectivity index (χ2v) is 5.06. The van der Waals surface area contributed by atoms with E-state index in [0.29, 0.717) is 6.04 Å². The minimum absolute atomic E-state index is 0.525. The monoisotopic (exact) mass is 177 g/mol. The maximum Gasteiger partial charge on any atom is 0.0136 e. The largest absolute Gasteiger partial charge is 0.327 e. The zero-order chi connectivity index (χ0) is 8.84. The highest BCUT2D eigenvalue weighted by Crippen LogP contribution is 2.48. The number of hydrogen-bond donors (Lipinski definition) is 1. The van der Waals surface area contributed by atoms with Crippen LogP contribution in [-0.4, -0.2) is 6.04 Å². The van der Waals surface area contributed by atoms with Crippen molar-refractivity contribution in [3.05, 3.63) is 11.1 Å². The van der Waals surface area contributed by atoms with Gasteiger partial charge in [-0.2, -0.15) is 0 Å². The van der Waals surface area contributed by atoms with E-state index in [1.165, 1.54) is 44.9 Å². The molecule has 13 heavy (non-hydrogen) atoms. The molecular weight excluding hydrogens is 158 g/mol. The third-order valence-electron chi connectivity index (χ3n) is 4.44. The molecule has 0 aromatic carbocycles. The first-order chi connectivity index (χ1) is 6.36. The average Bonchev–Trinajstić information content (AvgIpc) is 2.43. The van der Waals surface area contributed by atoms with Crippen molar-refractivity contribution < 1.29 is 0 Å². The number of nitrogens with two attached hydrogens (primary N) is 1. The summed E-state index contributed by atoms with van der Waals surface area (Å²) in [6, 6.07) is 0.525. The number of rotatable bonds is 0. The molecule has 0 aromatic heterocycles. The molecule has 1 saturated carbocycles. The van der Waals surface area contributed by atoms with Crippen LogP contribution in [0.5, 0.6) is 0 Å². The highest BCUT2D eigenvalue weighted by Gasteiger charge is 2.41. The number of fused-ring (bicyclic) bond motifs is 3. The van der Waals surface area contributed by atoms with Crippen LogP contribution in [0, 0.1) is 11.8 Å². The SMILES string of the molecule is N[C@@H]1[C@@H]2CC[C@H]1C1=C(CCCC1)C2. The first kappa shape index (κ1) is 8.05. The molecule has 3 aliphatic rings. The van der Waals surface area contributed by atoms with E-state index in [2.05, 4.69) is 0 Å². The zero-order valence-electron chi connectivity index (χ0n) is 8.26. The van der Waals surface area contributed by atoms with Gasteiger partial charge < -0.3 is 5.73 Å². The van der Waals surface area contributed by atoms with Crippen LogP contribution in [0.3, 0.4) is 0 Å². The molecule has 1 nitrogen and oxygen atoms in total. The van der Waals surface area contributed by atoms with Crippen molar-refractivity contribution in [2.24, 2.45) is 17.6 Å². The number of hydrogen-bond acceptors (Lipinski definition) is 1. The fourth-order valence-corrected chi connectivity index (χ4v) is 3.74. The summed E-state index contributed by atoms with van der Waals surface area (Å²) >= 11 is 0. The minimum atomic E-state index is 0.525. The molecule has 1 heteroatoms. The van der Waals surface area contributed by atoms with Gasteiger partial charge in [0.2, 0.25) is 0 Å². The predicted molar refractivity (Wildman–Crippen MR) is 54.3 cm³/mol. The van der Waals surface area contributed by atoms with Crippen LogP contribution in [-0.2, 0) is 0 Å². The Balaban J connectivity index is 1.97. The van der Waals surface area contributed by atoms with Gasteiger partial charge in [0.05, 0.1) is 0 Å². The van der Waals surface area contributed by atoms with Crippen molar-refractivity contribution in [3.8, 4) is 0 Å². The van der Waals surface area contributed by atoms with Gasteiger partial charge in [0, 0.05) is 6.04 Å². The fourth-order valence-electron chi connectivity index (χ4n) is 3.74. The van der Waals surface area contributed by atoms with Crippen molar-refractivity contribution in [2.75, 3.05) is 0 Å². The predicted octanol–water partition coefficient (Wildman–Crippen LogP) is 2.61. The first-order valence-corrected chi connectivity index (χ1v) is 5.82. The maximum atomic E-state index is 6.26. The van der Waals surface area contributed by atoms with Crippen molar-refractivity contribution in [1.29, 1.82) is 0 Å². The lowest BCUT2D eigenvalue weighted by Gasteiger charge is -2.34. The highest BCUT2D eigenvalue weighted by molar-refractivity contribution is 5.28. The van der Waals surface area contributed by atoms with Crippen LogP contribution >= 0.6 is 0 Å². The van der Waals surface area contributed by atoms with Crippen molar-refractivity contribution in [2.45, 2.75) is 51.0 Å². The third-order valence-corrected chi connectivity index (χ3v) is 4.44. The topological polar surface area (TPSA) is 26.0 Å². The second kappa shape index (κ2) is 2.84. The van der Waals surface area contributed by atoms with Crippen molar-refractivity contribution >= 4 is 0 Å². The lowest BCUT2D eigenvalue weighted by atomic mass is 9.74. The normalized spacial score (nSPS) is 43.6. The van der Waals surface area contributed by atoms with Gasteiger partial charge in [0.15, 0.2) is 0 Å². The molecule has 2 N–H and O–H groups in total. The summed E-state index contributed by atoms with van der Waals surface area (Å²) in [7, 11) is 0. The molecule has 72 valence electrons. The highest BCUT2D eigenvalue weighted by atomic mass is 14.7. The summed E-state index contributed by atoms with van der Waals surface area (Å²) in [6.07, 6.45) is 9.78. The lowest BCUT2D eigenvalue weighted by Crippen LogP contribution is -2.36. The van der Waals surface area contributed by atoms with Gasteiger partial charge in [0.1, 0.15) is 0 Å². The summed E-state index contributed by atoms with van der Waals surface area (Å²) in [4.78, 5) is 0. The Kier molecular flexibility index (Phi) is 1.76. The smallest absolute Gasteiger partial charge is 0.0136 e. The molecule has 0 amide bonds. The van der Waals surface area contributed by atoms with Gasteiger partial charge in [-0.15, -0.1) is 0 Å². The van der Waals surface area contributed by atoms with Crippen LogP contribution in [0.4, 0.5) is 0 Å². The molecular formula is C12H19N. The van der Waals surface area contributed by atoms with Gasteiger partial charge in [0.25, 0.3) is 0 Å². The maximum absolute atomic E-state index is 6.26. The molecule has 0 radical (unpaired) electrons. The standard InChI is InChI=1S/C12H19N/c13-12-9-5-6-11(12)10-4-2-1-3-8(10)7-9/h9,11-12H,1-7,13H2/t9-,11+,12-/m1/s1. The molecule has 1 fully saturated rings. The Labute approximate surface area is 80.4 Å².